The Balaban J connectivity index is 2.89. The summed E-state index contributed by atoms with van der Waals surface area (Å²) in [5, 5.41) is 8.97. The van der Waals surface area contributed by atoms with Gasteiger partial charge in [-0.1, -0.05) is 6.92 Å². The Hall–Kier alpha value is -1.91. The molecule has 0 aromatic carbocycles. The van der Waals surface area contributed by atoms with Gasteiger partial charge in [0, 0.05) is 18.9 Å². The number of nitrogens with zero attached hydrogens (tertiary/aromatic N) is 2. The lowest BCUT2D eigenvalue weighted by Gasteiger charge is -2.23. The molecule has 0 aliphatic carbocycles. The molecule has 1 aromatic heterocycles. The van der Waals surface area contributed by atoms with Crippen molar-refractivity contribution in [3.8, 4) is 0 Å². The minimum atomic E-state index is -0.997. The van der Waals surface area contributed by atoms with Gasteiger partial charge in [0.25, 0.3) is 5.91 Å². The minimum Gasteiger partial charge on any atom is -0.480 e. The molecule has 1 heterocycles. The predicted octanol–water partition coefficient (Wildman–Crippen LogP) is 1.33. The molecule has 5 heteroatoms. The third-order valence-corrected chi connectivity index (χ3v) is 2.62. The van der Waals surface area contributed by atoms with Crippen molar-refractivity contribution in [2.24, 2.45) is 0 Å². The van der Waals surface area contributed by atoms with Crippen LogP contribution in [0.4, 0.5) is 0 Å². The second-order valence-electron chi connectivity index (χ2n) is 3.87. The first-order chi connectivity index (χ1) is 7.97. The van der Waals surface area contributed by atoms with E-state index in [9.17, 15) is 9.59 Å². The zero-order valence-electron chi connectivity index (χ0n) is 10.2. The van der Waals surface area contributed by atoms with Crippen molar-refractivity contribution < 1.29 is 14.7 Å². The molecule has 1 amide bonds. The molecule has 0 saturated carbocycles. The standard InChI is InChI=1S/C12H16N2O3/c1-4-10(12(16)17)14(3)11(15)9-6-5-8(2)13-7-9/h5-7,10H,4H2,1-3H3,(H,16,17). The second kappa shape index (κ2) is 5.43. The first-order valence-corrected chi connectivity index (χ1v) is 5.40. The number of carboxylic acid groups (broad SMARTS) is 1. The third kappa shape index (κ3) is 3.03. The van der Waals surface area contributed by atoms with Gasteiger partial charge in [-0.15, -0.1) is 0 Å². The smallest absolute Gasteiger partial charge is 0.326 e. The van der Waals surface area contributed by atoms with Gasteiger partial charge in [0.15, 0.2) is 0 Å². The highest BCUT2D eigenvalue weighted by molar-refractivity contribution is 5.96. The van der Waals surface area contributed by atoms with Crippen molar-refractivity contribution in [1.82, 2.24) is 9.88 Å². The number of carbonyl (C=O) groups excluding carboxylic acids is 1. The van der Waals surface area contributed by atoms with Crippen molar-refractivity contribution >= 4 is 11.9 Å². The third-order valence-electron chi connectivity index (χ3n) is 2.62. The molecule has 0 aliphatic rings. The number of aliphatic carboxylic acids is 1. The lowest BCUT2D eigenvalue weighted by atomic mass is 10.1. The fourth-order valence-electron chi connectivity index (χ4n) is 1.55. The molecule has 1 unspecified atom stereocenters. The van der Waals surface area contributed by atoms with Crippen molar-refractivity contribution in [2.75, 3.05) is 7.05 Å². The van der Waals surface area contributed by atoms with Crippen LogP contribution < -0.4 is 0 Å². The zero-order valence-corrected chi connectivity index (χ0v) is 10.2. The number of hydrogen-bond acceptors (Lipinski definition) is 3. The van der Waals surface area contributed by atoms with Crippen LogP contribution in [0.25, 0.3) is 0 Å². The van der Waals surface area contributed by atoms with Gasteiger partial charge >= 0.3 is 5.97 Å². The van der Waals surface area contributed by atoms with E-state index in [-0.39, 0.29) is 5.91 Å². The van der Waals surface area contributed by atoms with Crippen LogP contribution in [-0.2, 0) is 4.79 Å². The fourth-order valence-corrected chi connectivity index (χ4v) is 1.55. The van der Waals surface area contributed by atoms with Crippen LogP contribution in [0.3, 0.4) is 0 Å². The molecular formula is C12H16N2O3. The van der Waals surface area contributed by atoms with Crippen LogP contribution in [0, 0.1) is 6.92 Å². The van der Waals surface area contributed by atoms with Gasteiger partial charge in [-0.05, 0) is 25.5 Å². The average Bonchev–Trinajstić information content (AvgIpc) is 2.29. The Morgan fingerprint density at radius 3 is 2.53 bits per heavy atom. The molecule has 17 heavy (non-hydrogen) atoms. The van der Waals surface area contributed by atoms with E-state index in [0.717, 1.165) is 5.69 Å². The number of aromatic nitrogens is 1. The van der Waals surface area contributed by atoms with Crippen LogP contribution in [0.2, 0.25) is 0 Å². The van der Waals surface area contributed by atoms with E-state index in [1.165, 1.54) is 18.1 Å². The topological polar surface area (TPSA) is 70.5 Å². The van der Waals surface area contributed by atoms with Crippen molar-refractivity contribution in [2.45, 2.75) is 26.3 Å². The van der Waals surface area contributed by atoms with E-state index in [1.54, 1.807) is 19.1 Å². The van der Waals surface area contributed by atoms with Crippen LogP contribution in [0.15, 0.2) is 18.3 Å². The molecule has 0 aliphatic heterocycles. The second-order valence-corrected chi connectivity index (χ2v) is 3.87. The molecular weight excluding hydrogens is 220 g/mol. The van der Waals surface area contributed by atoms with Gasteiger partial charge in [0.05, 0.1) is 5.56 Å². The zero-order chi connectivity index (χ0) is 13.0. The first kappa shape index (κ1) is 13.2. The SMILES string of the molecule is CCC(C(=O)O)N(C)C(=O)c1ccc(C)nc1. The van der Waals surface area contributed by atoms with Crippen LogP contribution in [-0.4, -0.2) is 40.0 Å². The number of amides is 1. The van der Waals surface area contributed by atoms with E-state index in [4.69, 9.17) is 5.11 Å². The number of rotatable bonds is 4. The molecule has 0 saturated heterocycles. The van der Waals surface area contributed by atoms with Crippen LogP contribution in [0.5, 0.6) is 0 Å². The summed E-state index contributed by atoms with van der Waals surface area (Å²) < 4.78 is 0. The van der Waals surface area contributed by atoms with Crippen molar-refractivity contribution in [3.05, 3.63) is 29.6 Å². The summed E-state index contributed by atoms with van der Waals surface area (Å²) >= 11 is 0. The number of carboxylic acids is 1. The van der Waals surface area contributed by atoms with E-state index in [0.29, 0.717) is 12.0 Å². The Labute approximate surface area is 100 Å². The molecule has 0 spiro atoms. The fraction of sp³-hybridized carbons (Fsp3) is 0.417. The van der Waals surface area contributed by atoms with E-state index >= 15 is 0 Å². The molecule has 1 atom stereocenters. The van der Waals surface area contributed by atoms with Crippen LogP contribution >= 0.6 is 0 Å². The highest BCUT2D eigenvalue weighted by atomic mass is 16.4. The Bertz CT molecular complexity index is 414. The number of hydrogen-bond donors (Lipinski definition) is 1. The summed E-state index contributed by atoms with van der Waals surface area (Å²) in [6.45, 7) is 3.56. The first-order valence-electron chi connectivity index (χ1n) is 5.40. The molecule has 0 fully saturated rings. The van der Waals surface area contributed by atoms with Gasteiger partial charge in [-0.2, -0.15) is 0 Å². The maximum Gasteiger partial charge on any atom is 0.326 e. The number of pyridine rings is 1. The Morgan fingerprint density at radius 1 is 1.47 bits per heavy atom. The summed E-state index contributed by atoms with van der Waals surface area (Å²) in [4.78, 5) is 28.2. The minimum absolute atomic E-state index is 0.327. The van der Waals surface area contributed by atoms with E-state index < -0.39 is 12.0 Å². The largest absolute Gasteiger partial charge is 0.480 e. The molecule has 1 N–H and O–H groups in total. The van der Waals surface area contributed by atoms with Gasteiger partial charge < -0.3 is 10.0 Å². The number of aryl methyl sites for hydroxylation is 1. The Kier molecular flexibility index (Phi) is 4.20. The highest BCUT2D eigenvalue weighted by Crippen LogP contribution is 2.09. The molecule has 0 radical (unpaired) electrons. The average molecular weight is 236 g/mol. The number of likely N-dealkylation sites (N-methyl/N-ethyl adjacent to an activating group) is 1. The summed E-state index contributed by atoms with van der Waals surface area (Å²) in [6.07, 6.45) is 1.83. The molecule has 1 aromatic rings. The summed E-state index contributed by atoms with van der Waals surface area (Å²) in [6, 6.07) is 2.57. The normalized spacial score (nSPS) is 11.9. The molecule has 5 nitrogen and oxygen atoms in total. The quantitative estimate of drug-likeness (QED) is 0.856. The summed E-state index contributed by atoms with van der Waals surface area (Å²) in [7, 11) is 1.49. The predicted molar refractivity (Wildman–Crippen MR) is 62.8 cm³/mol. The lowest BCUT2D eigenvalue weighted by Crippen LogP contribution is -2.42. The lowest BCUT2D eigenvalue weighted by molar-refractivity contribution is -0.142. The maximum absolute atomic E-state index is 12.0. The van der Waals surface area contributed by atoms with E-state index in [1.807, 2.05) is 6.92 Å². The van der Waals surface area contributed by atoms with Crippen molar-refractivity contribution in [1.29, 1.82) is 0 Å². The molecule has 92 valence electrons. The molecule has 0 bridgehead atoms. The Morgan fingerprint density at radius 2 is 2.12 bits per heavy atom. The van der Waals surface area contributed by atoms with Gasteiger partial charge in [-0.3, -0.25) is 9.78 Å². The monoisotopic (exact) mass is 236 g/mol. The van der Waals surface area contributed by atoms with Crippen LogP contribution in [0.1, 0.15) is 29.4 Å². The van der Waals surface area contributed by atoms with Gasteiger partial charge in [-0.25, -0.2) is 4.79 Å². The van der Waals surface area contributed by atoms with E-state index in [2.05, 4.69) is 4.98 Å². The highest BCUT2D eigenvalue weighted by Gasteiger charge is 2.25. The maximum atomic E-state index is 12.0. The van der Waals surface area contributed by atoms with Gasteiger partial charge in [0.1, 0.15) is 6.04 Å². The van der Waals surface area contributed by atoms with Crippen molar-refractivity contribution in [3.63, 3.8) is 0 Å². The molecule has 1 rings (SSSR count). The summed E-state index contributed by atoms with van der Waals surface area (Å²) in [5.74, 6) is -1.32. The summed E-state index contributed by atoms with van der Waals surface area (Å²) in [5.41, 5.74) is 1.22. The number of carbonyl (C=O) groups is 2. The van der Waals surface area contributed by atoms with Gasteiger partial charge in [0.2, 0.25) is 0 Å².